The Balaban J connectivity index is 1.52. The van der Waals surface area contributed by atoms with Gasteiger partial charge in [0.05, 0.1) is 11.6 Å². The number of hydrogen-bond donors (Lipinski definition) is 3. The summed E-state index contributed by atoms with van der Waals surface area (Å²) in [6.45, 7) is 0. The van der Waals surface area contributed by atoms with Gasteiger partial charge in [-0.3, -0.25) is 4.79 Å². The minimum absolute atomic E-state index is 0.0604. The van der Waals surface area contributed by atoms with E-state index in [2.05, 4.69) is 16.7 Å². The Bertz CT molecular complexity index is 608. The molecule has 5 nitrogen and oxygen atoms in total. The van der Waals surface area contributed by atoms with Gasteiger partial charge in [0, 0.05) is 16.2 Å². The van der Waals surface area contributed by atoms with E-state index in [-0.39, 0.29) is 18.0 Å². The molecule has 25 heavy (non-hydrogen) atoms. The first-order valence-corrected chi connectivity index (χ1v) is 10.1. The zero-order valence-electron chi connectivity index (χ0n) is 14.4. The zero-order valence-corrected chi connectivity index (χ0v) is 15.2. The lowest BCUT2D eigenvalue weighted by Crippen LogP contribution is -2.41. The molecule has 2 fully saturated rings. The second kappa shape index (κ2) is 8.61. The fourth-order valence-electron chi connectivity index (χ4n) is 3.69. The van der Waals surface area contributed by atoms with Gasteiger partial charge in [0.25, 0.3) is 0 Å². The van der Waals surface area contributed by atoms with Crippen LogP contribution in [0.25, 0.3) is 0 Å². The van der Waals surface area contributed by atoms with Crippen molar-refractivity contribution in [2.75, 3.05) is 5.32 Å². The minimum Gasteiger partial charge on any atom is -0.481 e. The molecule has 0 bridgehead atoms. The molecule has 0 spiro atoms. The fraction of sp³-hybridized carbons (Fsp3) is 0.579. The molecular formula is C19H26N2O3S. The van der Waals surface area contributed by atoms with Crippen LogP contribution in [0.5, 0.6) is 0 Å². The number of carboxylic acids is 1. The number of benzene rings is 1. The van der Waals surface area contributed by atoms with Gasteiger partial charge in [-0.25, -0.2) is 4.79 Å². The summed E-state index contributed by atoms with van der Waals surface area (Å²) in [6, 6.07) is 7.82. The van der Waals surface area contributed by atoms with E-state index < -0.39 is 5.97 Å². The monoisotopic (exact) mass is 362 g/mol. The van der Waals surface area contributed by atoms with Gasteiger partial charge in [0.1, 0.15) is 0 Å². The first-order chi connectivity index (χ1) is 12.1. The summed E-state index contributed by atoms with van der Waals surface area (Å²) in [5.74, 6) is -0.981. The van der Waals surface area contributed by atoms with Crippen molar-refractivity contribution in [3.8, 4) is 0 Å². The van der Waals surface area contributed by atoms with E-state index in [0.29, 0.717) is 18.1 Å². The molecule has 0 radical (unpaired) electrons. The summed E-state index contributed by atoms with van der Waals surface area (Å²) >= 11 is 1.86. The lowest BCUT2D eigenvalue weighted by atomic mass is 9.86. The van der Waals surface area contributed by atoms with Gasteiger partial charge in [0.2, 0.25) is 0 Å². The number of aliphatic carboxylic acids is 1. The molecule has 136 valence electrons. The van der Waals surface area contributed by atoms with Crippen molar-refractivity contribution in [3.63, 3.8) is 0 Å². The first-order valence-electron chi connectivity index (χ1n) is 9.18. The average Bonchev–Trinajstić information content (AvgIpc) is 3.10. The van der Waals surface area contributed by atoms with Crippen LogP contribution in [0, 0.1) is 5.92 Å². The van der Waals surface area contributed by atoms with Crippen molar-refractivity contribution in [3.05, 3.63) is 24.3 Å². The summed E-state index contributed by atoms with van der Waals surface area (Å²) in [5.41, 5.74) is 0.858. The molecule has 0 aromatic heterocycles. The third-order valence-corrected chi connectivity index (χ3v) is 6.56. The highest BCUT2D eigenvalue weighted by molar-refractivity contribution is 8.00. The predicted molar refractivity (Wildman–Crippen MR) is 100 cm³/mol. The van der Waals surface area contributed by atoms with Crippen molar-refractivity contribution in [2.45, 2.75) is 67.6 Å². The van der Waals surface area contributed by atoms with E-state index in [1.54, 1.807) is 0 Å². The average molecular weight is 362 g/mol. The highest BCUT2D eigenvalue weighted by Crippen LogP contribution is 2.38. The van der Waals surface area contributed by atoms with Crippen LogP contribution in [0.4, 0.5) is 10.5 Å². The molecule has 3 N–H and O–H groups in total. The molecule has 2 aliphatic rings. The molecular weight excluding hydrogens is 336 g/mol. The SMILES string of the molecule is O=C(Nc1ccccc1SC1CCCC1)NC1CCC(C(=O)O)CC1. The molecule has 0 saturated heterocycles. The first kappa shape index (κ1) is 18.1. The molecule has 1 aromatic rings. The number of anilines is 1. The Morgan fingerprint density at radius 3 is 2.36 bits per heavy atom. The maximum Gasteiger partial charge on any atom is 0.319 e. The summed E-state index contributed by atoms with van der Waals surface area (Å²) in [5, 5.41) is 15.7. The number of carboxylic acid groups (broad SMARTS) is 1. The Labute approximate surface area is 153 Å². The van der Waals surface area contributed by atoms with Crippen LogP contribution in [0.2, 0.25) is 0 Å². The Kier molecular flexibility index (Phi) is 6.24. The van der Waals surface area contributed by atoms with Gasteiger partial charge < -0.3 is 15.7 Å². The van der Waals surface area contributed by atoms with Gasteiger partial charge in [-0.15, -0.1) is 11.8 Å². The molecule has 0 heterocycles. The van der Waals surface area contributed by atoms with Gasteiger partial charge in [-0.05, 0) is 50.7 Å². The van der Waals surface area contributed by atoms with E-state index in [1.165, 1.54) is 25.7 Å². The molecule has 6 heteroatoms. The lowest BCUT2D eigenvalue weighted by Gasteiger charge is -2.27. The second-order valence-corrected chi connectivity index (χ2v) is 8.35. The molecule has 2 aliphatic carbocycles. The highest BCUT2D eigenvalue weighted by atomic mass is 32.2. The molecule has 2 amide bonds. The molecule has 3 rings (SSSR count). The van der Waals surface area contributed by atoms with Crippen LogP contribution >= 0.6 is 11.8 Å². The largest absolute Gasteiger partial charge is 0.481 e. The van der Waals surface area contributed by atoms with Crippen LogP contribution in [0.15, 0.2) is 29.2 Å². The third kappa shape index (κ3) is 5.14. The second-order valence-electron chi connectivity index (χ2n) is 7.01. The number of nitrogens with one attached hydrogen (secondary N) is 2. The van der Waals surface area contributed by atoms with Gasteiger partial charge in [0.15, 0.2) is 0 Å². The van der Waals surface area contributed by atoms with E-state index in [1.807, 2.05) is 30.0 Å². The fourth-order valence-corrected chi connectivity index (χ4v) is 5.02. The lowest BCUT2D eigenvalue weighted by molar-refractivity contribution is -0.142. The van der Waals surface area contributed by atoms with E-state index >= 15 is 0 Å². The van der Waals surface area contributed by atoms with E-state index in [4.69, 9.17) is 5.11 Å². The van der Waals surface area contributed by atoms with E-state index in [0.717, 1.165) is 23.4 Å². The van der Waals surface area contributed by atoms with E-state index in [9.17, 15) is 9.59 Å². The van der Waals surface area contributed by atoms with Gasteiger partial charge >= 0.3 is 12.0 Å². The quantitative estimate of drug-likeness (QED) is 0.721. The van der Waals surface area contributed by atoms with Crippen molar-refractivity contribution in [2.24, 2.45) is 5.92 Å². The van der Waals surface area contributed by atoms with Crippen LogP contribution in [0.3, 0.4) is 0 Å². The van der Waals surface area contributed by atoms with Crippen molar-refractivity contribution < 1.29 is 14.7 Å². The Hall–Kier alpha value is -1.69. The zero-order chi connectivity index (χ0) is 17.6. The summed E-state index contributed by atoms with van der Waals surface area (Å²) in [4.78, 5) is 24.5. The molecule has 0 unspecified atom stereocenters. The summed E-state index contributed by atoms with van der Waals surface area (Å²) < 4.78 is 0. The molecule has 1 aromatic carbocycles. The van der Waals surface area contributed by atoms with Crippen LogP contribution < -0.4 is 10.6 Å². The molecule has 2 saturated carbocycles. The van der Waals surface area contributed by atoms with Crippen molar-refractivity contribution in [1.29, 1.82) is 0 Å². The van der Waals surface area contributed by atoms with Gasteiger partial charge in [-0.2, -0.15) is 0 Å². The smallest absolute Gasteiger partial charge is 0.319 e. The molecule has 0 atom stereocenters. The molecule has 0 aliphatic heterocycles. The van der Waals surface area contributed by atoms with Gasteiger partial charge in [-0.1, -0.05) is 25.0 Å². The van der Waals surface area contributed by atoms with Crippen molar-refractivity contribution >= 4 is 29.4 Å². The standard InChI is InChI=1S/C19H26N2O3S/c22-18(23)13-9-11-14(12-10-13)20-19(24)21-16-7-3-4-8-17(16)25-15-5-1-2-6-15/h3-4,7-8,13-15H,1-2,5-6,9-12H2,(H,22,23)(H2,20,21,24). The number of carbonyl (C=O) groups excluding carboxylic acids is 1. The summed E-state index contributed by atoms with van der Waals surface area (Å²) in [7, 11) is 0. The normalized spacial score (nSPS) is 24.0. The van der Waals surface area contributed by atoms with Crippen LogP contribution in [0.1, 0.15) is 51.4 Å². The highest BCUT2D eigenvalue weighted by Gasteiger charge is 2.27. The van der Waals surface area contributed by atoms with Crippen LogP contribution in [-0.4, -0.2) is 28.4 Å². The maximum atomic E-state index is 12.3. The number of hydrogen-bond acceptors (Lipinski definition) is 3. The third-order valence-electron chi connectivity index (χ3n) is 5.14. The van der Waals surface area contributed by atoms with Crippen molar-refractivity contribution in [1.82, 2.24) is 5.32 Å². The number of urea groups is 1. The topological polar surface area (TPSA) is 78.4 Å². The number of carbonyl (C=O) groups is 2. The number of amides is 2. The van der Waals surface area contributed by atoms with Crippen LogP contribution in [-0.2, 0) is 4.79 Å². The number of para-hydroxylation sites is 1. The number of rotatable bonds is 5. The Morgan fingerprint density at radius 1 is 1.00 bits per heavy atom. The summed E-state index contributed by atoms with van der Waals surface area (Å²) in [6.07, 6.45) is 7.81. The maximum absolute atomic E-state index is 12.3. The number of thioether (sulfide) groups is 1. The predicted octanol–water partition coefficient (Wildman–Crippen LogP) is 4.49. The minimum atomic E-state index is -0.722. The Morgan fingerprint density at radius 2 is 1.68 bits per heavy atom.